The van der Waals surface area contributed by atoms with Crippen LogP contribution in [0.25, 0.3) is 21.8 Å². The fourth-order valence-electron chi connectivity index (χ4n) is 4.72. The van der Waals surface area contributed by atoms with Crippen LogP contribution in [-0.2, 0) is 18.3 Å². The maximum atomic E-state index is 13.5. The molecule has 0 unspecified atom stereocenters. The molecule has 33 heavy (non-hydrogen) atoms. The summed E-state index contributed by atoms with van der Waals surface area (Å²) in [5.74, 6) is 0.0707. The molecule has 0 aliphatic carbocycles. The zero-order valence-corrected chi connectivity index (χ0v) is 19.8. The van der Waals surface area contributed by atoms with Crippen LogP contribution in [0.4, 0.5) is 4.79 Å². The van der Waals surface area contributed by atoms with Gasteiger partial charge in [-0.3, -0.25) is 9.59 Å². The van der Waals surface area contributed by atoms with E-state index in [4.69, 9.17) is 4.74 Å². The molecule has 3 aromatic rings. The second-order valence-electron chi connectivity index (χ2n) is 9.13. The molecule has 1 N–H and O–H groups in total. The van der Waals surface area contributed by atoms with Crippen LogP contribution in [0.5, 0.6) is 0 Å². The molecule has 1 aliphatic heterocycles. The minimum atomic E-state index is -0.305. The Bertz CT molecular complexity index is 1250. The maximum Gasteiger partial charge on any atom is 0.409 e. The van der Waals surface area contributed by atoms with Gasteiger partial charge in [-0.05, 0) is 31.7 Å². The SMILES string of the molecule is CCOC(=O)N1CCC(NC(=O)c2cn(CC(C)C)c(=O)c3c2c2ccccc2n3C)CC1. The predicted octanol–water partition coefficient (Wildman–Crippen LogP) is 3.50. The third-order valence-electron chi connectivity index (χ3n) is 6.29. The van der Waals surface area contributed by atoms with Crippen LogP contribution in [0.1, 0.15) is 44.0 Å². The van der Waals surface area contributed by atoms with Gasteiger partial charge in [-0.2, -0.15) is 0 Å². The quantitative estimate of drug-likeness (QED) is 0.642. The number of hydrogen-bond acceptors (Lipinski definition) is 4. The lowest BCUT2D eigenvalue weighted by molar-refractivity contribution is 0.0860. The number of nitrogens with zero attached hydrogens (tertiary/aromatic N) is 3. The normalized spacial score (nSPS) is 14.9. The molecular formula is C25H32N4O4. The van der Waals surface area contributed by atoms with Crippen molar-refractivity contribution in [3.05, 3.63) is 46.4 Å². The predicted molar refractivity (Wildman–Crippen MR) is 129 cm³/mol. The molecule has 3 heterocycles. The number of nitrogens with one attached hydrogen (secondary N) is 1. The maximum absolute atomic E-state index is 13.5. The van der Waals surface area contributed by atoms with Crippen molar-refractivity contribution >= 4 is 33.8 Å². The van der Waals surface area contributed by atoms with Crippen LogP contribution in [0.15, 0.2) is 35.3 Å². The molecule has 1 aromatic carbocycles. The smallest absolute Gasteiger partial charge is 0.409 e. The molecule has 0 bridgehead atoms. The molecule has 1 saturated heterocycles. The molecule has 8 heteroatoms. The van der Waals surface area contributed by atoms with Gasteiger partial charge in [0.1, 0.15) is 5.52 Å². The summed E-state index contributed by atoms with van der Waals surface area (Å²) in [6.07, 6.45) is 2.73. The number of fused-ring (bicyclic) bond motifs is 3. The van der Waals surface area contributed by atoms with Gasteiger partial charge in [0.25, 0.3) is 11.5 Å². The minimum absolute atomic E-state index is 0.0429. The lowest BCUT2D eigenvalue weighted by Crippen LogP contribution is -2.46. The third-order valence-corrected chi connectivity index (χ3v) is 6.29. The zero-order valence-electron chi connectivity index (χ0n) is 19.8. The molecule has 4 rings (SSSR count). The summed E-state index contributed by atoms with van der Waals surface area (Å²) in [5, 5.41) is 4.74. The van der Waals surface area contributed by atoms with E-state index < -0.39 is 0 Å². The second kappa shape index (κ2) is 9.29. The topological polar surface area (TPSA) is 85.6 Å². The Labute approximate surface area is 193 Å². The molecule has 0 radical (unpaired) electrons. The van der Waals surface area contributed by atoms with E-state index in [1.807, 2.05) is 35.9 Å². The van der Waals surface area contributed by atoms with E-state index in [1.54, 1.807) is 22.6 Å². The zero-order chi connectivity index (χ0) is 23.7. The fourth-order valence-corrected chi connectivity index (χ4v) is 4.72. The highest BCUT2D eigenvalue weighted by molar-refractivity contribution is 6.17. The Kier molecular flexibility index (Phi) is 6.44. The van der Waals surface area contributed by atoms with E-state index in [0.29, 0.717) is 55.5 Å². The van der Waals surface area contributed by atoms with Gasteiger partial charge in [0.2, 0.25) is 0 Å². The number of carbonyl (C=O) groups is 2. The van der Waals surface area contributed by atoms with Crippen molar-refractivity contribution in [2.24, 2.45) is 13.0 Å². The summed E-state index contributed by atoms with van der Waals surface area (Å²) in [6.45, 7) is 7.86. The number of benzene rings is 1. The largest absolute Gasteiger partial charge is 0.450 e. The molecule has 0 atom stereocenters. The van der Waals surface area contributed by atoms with Gasteiger partial charge in [0, 0.05) is 55.2 Å². The number of likely N-dealkylation sites (tertiary alicyclic amines) is 1. The lowest BCUT2D eigenvalue weighted by Gasteiger charge is -2.31. The van der Waals surface area contributed by atoms with E-state index in [9.17, 15) is 14.4 Å². The Morgan fingerprint density at radius 1 is 1.18 bits per heavy atom. The Hall–Kier alpha value is -3.29. The van der Waals surface area contributed by atoms with Crippen molar-refractivity contribution in [3.63, 3.8) is 0 Å². The number of para-hydroxylation sites is 1. The first-order chi connectivity index (χ1) is 15.8. The first kappa shape index (κ1) is 22.9. The Morgan fingerprint density at radius 3 is 2.55 bits per heavy atom. The van der Waals surface area contributed by atoms with Gasteiger partial charge < -0.3 is 24.1 Å². The van der Waals surface area contributed by atoms with Crippen LogP contribution in [0.3, 0.4) is 0 Å². The number of pyridine rings is 1. The van der Waals surface area contributed by atoms with E-state index in [-0.39, 0.29) is 29.5 Å². The van der Waals surface area contributed by atoms with Gasteiger partial charge in [-0.25, -0.2) is 4.79 Å². The molecule has 8 nitrogen and oxygen atoms in total. The van der Waals surface area contributed by atoms with E-state index >= 15 is 0 Å². The molecule has 2 amide bonds. The number of carbonyl (C=O) groups excluding carboxylic acids is 2. The van der Waals surface area contributed by atoms with Crippen molar-refractivity contribution in [1.29, 1.82) is 0 Å². The van der Waals surface area contributed by atoms with E-state index in [0.717, 1.165) is 10.9 Å². The van der Waals surface area contributed by atoms with Crippen LogP contribution in [-0.4, -0.2) is 51.8 Å². The number of aromatic nitrogens is 2. The number of amides is 2. The lowest BCUT2D eigenvalue weighted by atomic mass is 10.0. The summed E-state index contributed by atoms with van der Waals surface area (Å²) < 4.78 is 8.62. The highest BCUT2D eigenvalue weighted by atomic mass is 16.6. The summed E-state index contributed by atoms with van der Waals surface area (Å²) >= 11 is 0. The van der Waals surface area contributed by atoms with Crippen molar-refractivity contribution in [1.82, 2.24) is 19.4 Å². The molecular weight excluding hydrogens is 420 g/mol. The standard InChI is InChI=1S/C25H32N4O4/c1-5-33-25(32)28-12-10-17(11-13-28)26-23(30)19-15-29(14-16(2)3)24(31)22-21(19)18-8-6-7-9-20(18)27(22)4/h6-9,15-17H,5,10-14H2,1-4H3,(H,26,30). The van der Waals surface area contributed by atoms with Gasteiger partial charge >= 0.3 is 6.09 Å². The Morgan fingerprint density at radius 2 is 1.88 bits per heavy atom. The van der Waals surface area contributed by atoms with Gasteiger partial charge in [-0.15, -0.1) is 0 Å². The Balaban J connectivity index is 1.69. The van der Waals surface area contributed by atoms with Gasteiger partial charge in [0.15, 0.2) is 0 Å². The molecule has 176 valence electrons. The fraction of sp³-hybridized carbons (Fsp3) is 0.480. The highest BCUT2D eigenvalue weighted by Gasteiger charge is 2.27. The van der Waals surface area contributed by atoms with Crippen molar-refractivity contribution < 1.29 is 14.3 Å². The summed E-state index contributed by atoms with van der Waals surface area (Å²) in [7, 11) is 1.87. The number of piperidine rings is 1. The molecule has 1 aliphatic rings. The van der Waals surface area contributed by atoms with Gasteiger partial charge in [0.05, 0.1) is 12.2 Å². The number of ether oxygens (including phenoxy) is 1. The average Bonchev–Trinajstić information content (AvgIpc) is 3.09. The van der Waals surface area contributed by atoms with E-state index in [2.05, 4.69) is 19.2 Å². The summed E-state index contributed by atoms with van der Waals surface area (Å²) in [5.41, 5.74) is 1.89. The van der Waals surface area contributed by atoms with E-state index in [1.165, 1.54) is 0 Å². The highest BCUT2D eigenvalue weighted by Crippen LogP contribution is 2.29. The van der Waals surface area contributed by atoms with Crippen LogP contribution in [0, 0.1) is 5.92 Å². The molecule has 2 aromatic heterocycles. The minimum Gasteiger partial charge on any atom is -0.450 e. The summed E-state index contributed by atoms with van der Waals surface area (Å²) in [4.78, 5) is 40.5. The third kappa shape index (κ3) is 4.34. The molecule has 0 spiro atoms. The van der Waals surface area contributed by atoms with Crippen molar-refractivity contribution in [3.8, 4) is 0 Å². The molecule has 1 fully saturated rings. The summed E-state index contributed by atoms with van der Waals surface area (Å²) in [6, 6.07) is 7.74. The van der Waals surface area contributed by atoms with Crippen molar-refractivity contribution in [2.75, 3.05) is 19.7 Å². The van der Waals surface area contributed by atoms with Crippen LogP contribution < -0.4 is 10.9 Å². The number of rotatable bonds is 5. The first-order valence-corrected chi connectivity index (χ1v) is 11.6. The second-order valence-corrected chi connectivity index (χ2v) is 9.13. The van der Waals surface area contributed by atoms with Gasteiger partial charge in [-0.1, -0.05) is 32.0 Å². The number of hydrogen-bond donors (Lipinski definition) is 1. The number of aryl methyl sites for hydroxylation is 1. The van der Waals surface area contributed by atoms with Crippen LogP contribution >= 0.6 is 0 Å². The monoisotopic (exact) mass is 452 g/mol. The average molecular weight is 453 g/mol. The van der Waals surface area contributed by atoms with Crippen LogP contribution in [0.2, 0.25) is 0 Å². The molecule has 0 saturated carbocycles. The van der Waals surface area contributed by atoms with Crippen molar-refractivity contribution in [2.45, 2.75) is 46.2 Å². The first-order valence-electron chi connectivity index (χ1n) is 11.6.